The fraction of sp³-hybridized carbons (Fsp3) is 0.100. The highest BCUT2D eigenvalue weighted by Gasteiger charge is 2.14. The van der Waals surface area contributed by atoms with Crippen LogP contribution < -0.4 is 15.4 Å². The molecule has 3 rings (SSSR count). The molecule has 3 aromatic rings. The lowest BCUT2D eigenvalue weighted by Crippen LogP contribution is -2.35. The van der Waals surface area contributed by atoms with Gasteiger partial charge in [-0.2, -0.15) is 0 Å². The Kier molecular flexibility index (Phi) is 5.81. The van der Waals surface area contributed by atoms with E-state index < -0.39 is 4.92 Å². The largest absolute Gasteiger partial charge is 0.494 e. The number of hydrogen-bond donors (Lipinski definition) is 2. The first-order valence-corrected chi connectivity index (χ1v) is 8.78. The zero-order valence-electron chi connectivity index (χ0n) is 15.0. The van der Waals surface area contributed by atoms with E-state index in [-0.39, 0.29) is 28.9 Å². The third-order valence-corrected chi connectivity index (χ3v) is 4.33. The Morgan fingerprint density at radius 3 is 2.64 bits per heavy atom. The number of thiocarbonyl (C=S) groups is 1. The van der Waals surface area contributed by atoms with Gasteiger partial charge in [0.05, 0.1) is 30.2 Å². The molecule has 0 unspecified atom stereocenters. The van der Waals surface area contributed by atoms with Gasteiger partial charge in [0.1, 0.15) is 5.75 Å². The number of non-ortho nitro benzene ring substituents is 1. The Morgan fingerprint density at radius 2 is 1.89 bits per heavy atom. The van der Waals surface area contributed by atoms with Gasteiger partial charge in [0.25, 0.3) is 5.69 Å². The number of carbonyl (C=O) groups excluding carboxylic acids is 1. The van der Waals surface area contributed by atoms with Crippen molar-refractivity contribution in [2.24, 2.45) is 0 Å². The van der Waals surface area contributed by atoms with Crippen LogP contribution in [-0.4, -0.2) is 23.1 Å². The predicted octanol–water partition coefficient (Wildman–Crippen LogP) is 3.81. The third kappa shape index (κ3) is 4.41. The molecule has 0 aromatic heterocycles. The van der Waals surface area contributed by atoms with E-state index in [1.54, 1.807) is 0 Å². The van der Waals surface area contributed by atoms with Crippen LogP contribution in [0.5, 0.6) is 5.75 Å². The maximum Gasteiger partial charge on any atom is 0.273 e. The summed E-state index contributed by atoms with van der Waals surface area (Å²) < 4.78 is 5.15. The van der Waals surface area contributed by atoms with E-state index in [1.807, 2.05) is 42.5 Å². The van der Waals surface area contributed by atoms with E-state index >= 15 is 0 Å². The number of ether oxygens (including phenoxy) is 1. The third-order valence-electron chi connectivity index (χ3n) is 4.13. The Balaban J connectivity index is 1.68. The number of nitro benzene ring substituents is 1. The van der Waals surface area contributed by atoms with Gasteiger partial charge in [-0.15, -0.1) is 0 Å². The highest BCUT2D eigenvalue weighted by Crippen LogP contribution is 2.28. The summed E-state index contributed by atoms with van der Waals surface area (Å²) >= 11 is 5.18. The molecule has 0 spiro atoms. The van der Waals surface area contributed by atoms with E-state index in [4.69, 9.17) is 17.0 Å². The van der Waals surface area contributed by atoms with Crippen molar-refractivity contribution < 1.29 is 14.5 Å². The molecule has 2 N–H and O–H groups in total. The van der Waals surface area contributed by atoms with Crippen LogP contribution in [0.2, 0.25) is 0 Å². The Morgan fingerprint density at radius 1 is 1.14 bits per heavy atom. The molecule has 28 heavy (non-hydrogen) atoms. The molecule has 0 saturated heterocycles. The van der Waals surface area contributed by atoms with Crippen LogP contribution in [0, 0.1) is 10.1 Å². The van der Waals surface area contributed by atoms with E-state index in [0.717, 1.165) is 16.3 Å². The van der Waals surface area contributed by atoms with Crippen molar-refractivity contribution in [3.8, 4) is 5.75 Å². The molecule has 0 aliphatic rings. The summed E-state index contributed by atoms with van der Waals surface area (Å²) in [5.41, 5.74) is 1.21. The SMILES string of the molecule is COc1cc([N+](=O)[O-])ccc1NC(=S)NC(=O)Cc1cccc2ccccc12. The molecule has 0 saturated carbocycles. The van der Waals surface area contributed by atoms with Gasteiger partial charge in [0.2, 0.25) is 5.91 Å². The number of nitro groups is 1. The van der Waals surface area contributed by atoms with Crippen LogP contribution in [0.4, 0.5) is 11.4 Å². The minimum atomic E-state index is -0.517. The van der Waals surface area contributed by atoms with Crippen LogP contribution in [0.25, 0.3) is 10.8 Å². The molecule has 142 valence electrons. The van der Waals surface area contributed by atoms with E-state index in [1.165, 1.54) is 25.3 Å². The number of hydrogen-bond acceptors (Lipinski definition) is 5. The first-order chi connectivity index (χ1) is 13.5. The van der Waals surface area contributed by atoms with Crippen LogP contribution in [-0.2, 0) is 11.2 Å². The number of nitrogens with one attached hydrogen (secondary N) is 2. The van der Waals surface area contributed by atoms with Crippen molar-refractivity contribution in [3.63, 3.8) is 0 Å². The average Bonchev–Trinajstić information content (AvgIpc) is 2.68. The van der Waals surface area contributed by atoms with Crippen molar-refractivity contribution in [1.82, 2.24) is 5.32 Å². The zero-order valence-corrected chi connectivity index (χ0v) is 15.8. The summed E-state index contributed by atoms with van der Waals surface area (Å²) in [6, 6.07) is 17.7. The minimum Gasteiger partial charge on any atom is -0.494 e. The molecular formula is C20H17N3O4S. The monoisotopic (exact) mass is 395 g/mol. The summed E-state index contributed by atoms with van der Waals surface area (Å²) in [5, 5.41) is 18.5. The summed E-state index contributed by atoms with van der Waals surface area (Å²) in [6.45, 7) is 0. The van der Waals surface area contributed by atoms with Gasteiger partial charge in [-0.3, -0.25) is 14.9 Å². The maximum absolute atomic E-state index is 12.4. The Hall–Kier alpha value is -3.52. The number of anilines is 1. The number of rotatable bonds is 5. The summed E-state index contributed by atoms with van der Waals surface area (Å²) in [5.74, 6) is -0.0189. The van der Waals surface area contributed by atoms with Crippen LogP contribution >= 0.6 is 12.2 Å². The quantitative estimate of drug-likeness (QED) is 0.388. The maximum atomic E-state index is 12.4. The fourth-order valence-electron chi connectivity index (χ4n) is 2.84. The number of fused-ring (bicyclic) bond motifs is 1. The average molecular weight is 395 g/mol. The van der Waals surface area contributed by atoms with Crippen LogP contribution in [0.3, 0.4) is 0 Å². The first-order valence-electron chi connectivity index (χ1n) is 8.38. The molecule has 8 heteroatoms. The lowest BCUT2D eigenvalue weighted by Gasteiger charge is -2.13. The normalized spacial score (nSPS) is 10.3. The van der Waals surface area contributed by atoms with Gasteiger partial charge >= 0.3 is 0 Å². The molecule has 0 heterocycles. The summed E-state index contributed by atoms with van der Waals surface area (Å²) in [4.78, 5) is 22.7. The highest BCUT2D eigenvalue weighted by molar-refractivity contribution is 7.80. The number of nitrogens with zero attached hydrogens (tertiary/aromatic N) is 1. The zero-order chi connectivity index (χ0) is 20.1. The molecule has 3 aromatic carbocycles. The van der Waals surface area contributed by atoms with Crippen molar-refractivity contribution in [2.75, 3.05) is 12.4 Å². The summed E-state index contributed by atoms with van der Waals surface area (Å²) in [7, 11) is 1.40. The number of benzene rings is 3. The van der Waals surface area contributed by atoms with Gasteiger partial charge < -0.3 is 15.4 Å². The van der Waals surface area contributed by atoms with E-state index in [9.17, 15) is 14.9 Å². The van der Waals surface area contributed by atoms with Crippen LogP contribution in [0.15, 0.2) is 60.7 Å². The van der Waals surface area contributed by atoms with Gasteiger partial charge in [-0.1, -0.05) is 42.5 Å². The second-order valence-corrected chi connectivity index (χ2v) is 6.37. The van der Waals surface area contributed by atoms with Crippen LogP contribution in [0.1, 0.15) is 5.56 Å². The van der Waals surface area contributed by atoms with Crippen molar-refractivity contribution in [2.45, 2.75) is 6.42 Å². The number of methoxy groups -OCH3 is 1. The molecule has 0 aliphatic heterocycles. The topological polar surface area (TPSA) is 93.5 Å². The second kappa shape index (κ2) is 8.45. The molecule has 0 radical (unpaired) electrons. The molecule has 0 atom stereocenters. The number of carbonyl (C=O) groups is 1. The Labute approximate surface area is 166 Å². The lowest BCUT2D eigenvalue weighted by atomic mass is 10.0. The van der Waals surface area contributed by atoms with Gasteiger partial charge in [0.15, 0.2) is 5.11 Å². The van der Waals surface area contributed by atoms with Gasteiger partial charge in [-0.25, -0.2) is 0 Å². The Bertz CT molecular complexity index is 1060. The summed E-state index contributed by atoms with van der Waals surface area (Å²) in [6.07, 6.45) is 0.167. The smallest absolute Gasteiger partial charge is 0.273 e. The molecular weight excluding hydrogens is 378 g/mol. The van der Waals surface area contributed by atoms with Crippen molar-refractivity contribution in [1.29, 1.82) is 0 Å². The lowest BCUT2D eigenvalue weighted by molar-refractivity contribution is -0.384. The molecule has 0 fully saturated rings. The minimum absolute atomic E-state index is 0.0809. The predicted molar refractivity (Wildman–Crippen MR) is 112 cm³/mol. The van der Waals surface area contributed by atoms with Crippen molar-refractivity contribution in [3.05, 3.63) is 76.3 Å². The second-order valence-electron chi connectivity index (χ2n) is 5.96. The fourth-order valence-corrected chi connectivity index (χ4v) is 3.06. The van der Waals surface area contributed by atoms with Crippen molar-refractivity contribution >= 4 is 45.4 Å². The standard InChI is InChI=1S/C20H17N3O4S/c1-27-18-12-15(23(25)26)9-10-17(18)21-20(28)22-19(24)11-14-7-4-6-13-5-2-3-8-16(13)14/h2-10,12H,11H2,1H3,(H2,21,22,24,28). The molecule has 1 amide bonds. The molecule has 0 aliphatic carbocycles. The van der Waals surface area contributed by atoms with Gasteiger partial charge in [0, 0.05) is 6.07 Å². The van der Waals surface area contributed by atoms with E-state index in [2.05, 4.69) is 10.6 Å². The highest BCUT2D eigenvalue weighted by atomic mass is 32.1. The molecule has 7 nitrogen and oxygen atoms in total. The number of amides is 1. The first kappa shape index (κ1) is 19.2. The molecule has 0 bridgehead atoms. The van der Waals surface area contributed by atoms with Gasteiger partial charge in [-0.05, 0) is 34.6 Å². The van der Waals surface area contributed by atoms with E-state index in [0.29, 0.717) is 5.69 Å².